The number of esters is 1. The Kier molecular flexibility index (Phi) is 6.89. The molecule has 25 heavy (non-hydrogen) atoms. The fourth-order valence-corrected chi connectivity index (χ4v) is 3.39. The van der Waals surface area contributed by atoms with Crippen molar-refractivity contribution in [3.05, 3.63) is 11.1 Å². The van der Waals surface area contributed by atoms with Crippen molar-refractivity contribution in [1.29, 1.82) is 0 Å². The number of carbonyl (C=O) groups excluding carboxylic acids is 3. The number of thiazole rings is 1. The van der Waals surface area contributed by atoms with Crippen molar-refractivity contribution < 1.29 is 23.9 Å². The van der Waals surface area contributed by atoms with E-state index in [9.17, 15) is 14.4 Å². The Morgan fingerprint density at radius 2 is 2.28 bits per heavy atom. The van der Waals surface area contributed by atoms with Crippen molar-refractivity contribution in [3.63, 3.8) is 0 Å². The molecule has 1 fully saturated rings. The van der Waals surface area contributed by atoms with E-state index in [-0.39, 0.29) is 36.7 Å². The lowest BCUT2D eigenvalue weighted by Crippen LogP contribution is -2.38. The first-order chi connectivity index (χ1) is 11.9. The lowest BCUT2D eigenvalue weighted by atomic mass is 10.1. The van der Waals surface area contributed by atoms with Gasteiger partial charge in [0.15, 0.2) is 5.13 Å². The molecule has 0 aliphatic carbocycles. The van der Waals surface area contributed by atoms with E-state index in [4.69, 9.17) is 9.47 Å². The molecule has 1 aromatic heterocycles. The van der Waals surface area contributed by atoms with Crippen molar-refractivity contribution in [2.45, 2.75) is 32.7 Å². The molecule has 2 atom stereocenters. The van der Waals surface area contributed by atoms with Gasteiger partial charge in [0.25, 0.3) is 0 Å². The molecular weight excluding hydrogens is 346 g/mol. The Morgan fingerprint density at radius 1 is 1.52 bits per heavy atom. The van der Waals surface area contributed by atoms with Crippen LogP contribution in [0.3, 0.4) is 0 Å². The molecule has 1 aromatic rings. The molecule has 1 aliphatic heterocycles. The van der Waals surface area contributed by atoms with Gasteiger partial charge in [-0.05, 0) is 13.8 Å². The maximum Gasteiger partial charge on any atom is 0.311 e. The van der Waals surface area contributed by atoms with E-state index in [0.717, 1.165) is 0 Å². The van der Waals surface area contributed by atoms with Gasteiger partial charge in [-0.2, -0.15) is 0 Å². The summed E-state index contributed by atoms with van der Waals surface area (Å²) in [6.45, 7) is 4.76. The van der Waals surface area contributed by atoms with Crippen LogP contribution < -0.4 is 5.32 Å². The first kappa shape index (κ1) is 19.3. The lowest BCUT2D eigenvalue weighted by molar-refractivity contribution is -0.142. The van der Waals surface area contributed by atoms with Crippen molar-refractivity contribution in [2.24, 2.45) is 5.92 Å². The Labute approximate surface area is 150 Å². The maximum absolute atomic E-state index is 12.4. The minimum Gasteiger partial charge on any atom is -0.466 e. The summed E-state index contributed by atoms with van der Waals surface area (Å²) in [5, 5.41) is 4.85. The van der Waals surface area contributed by atoms with Crippen LogP contribution in [0.1, 0.15) is 26.0 Å². The van der Waals surface area contributed by atoms with Crippen LogP contribution in [0.5, 0.6) is 0 Å². The SMILES string of the molecule is CCOC(=O)Cc1csc(NC(=O)[C@@H]2CC(=O)N([C@@H](C)COC)C2)n1. The van der Waals surface area contributed by atoms with Gasteiger partial charge < -0.3 is 19.7 Å². The number of aromatic nitrogens is 1. The molecule has 2 rings (SSSR count). The van der Waals surface area contributed by atoms with E-state index in [1.807, 2.05) is 6.92 Å². The number of carbonyl (C=O) groups is 3. The summed E-state index contributed by atoms with van der Waals surface area (Å²) >= 11 is 1.24. The molecule has 138 valence electrons. The third kappa shape index (κ3) is 5.23. The molecule has 1 aliphatic rings. The highest BCUT2D eigenvalue weighted by Crippen LogP contribution is 2.23. The first-order valence-corrected chi connectivity index (χ1v) is 9.01. The predicted molar refractivity (Wildman–Crippen MR) is 92.2 cm³/mol. The highest BCUT2D eigenvalue weighted by molar-refractivity contribution is 7.13. The van der Waals surface area contributed by atoms with Gasteiger partial charge in [-0.1, -0.05) is 0 Å². The summed E-state index contributed by atoms with van der Waals surface area (Å²) in [7, 11) is 1.58. The van der Waals surface area contributed by atoms with Gasteiger partial charge in [-0.25, -0.2) is 4.98 Å². The molecule has 1 N–H and O–H groups in total. The number of hydrogen-bond donors (Lipinski definition) is 1. The summed E-state index contributed by atoms with van der Waals surface area (Å²) in [6.07, 6.45) is 0.255. The molecular formula is C16H23N3O5S. The van der Waals surface area contributed by atoms with Gasteiger partial charge in [0, 0.05) is 25.5 Å². The average molecular weight is 369 g/mol. The lowest BCUT2D eigenvalue weighted by Gasteiger charge is -2.23. The van der Waals surface area contributed by atoms with Gasteiger partial charge in [-0.3, -0.25) is 14.4 Å². The van der Waals surface area contributed by atoms with Crippen LogP contribution in [0.25, 0.3) is 0 Å². The van der Waals surface area contributed by atoms with E-state index >= 15 is 0 Å². The van der Waals surface area contributed by atoms with E-state index in [1.54, 1.807) is 24.3 Å². The Balaban J connectivity index is 1.89. The number of nitrogens with zero attached hydrogens (tertiary/aromatic N) is 2. The zero-order valence-corrected chi connectivity index (χ0v) is 15.4. The smallest absolute Gasteiger partial charge is 0.311 e. The van der Waals surface area contributed by atoms with Crippen molar-refractivity contribution in [1.82, 2.24) is 9.88 Å². The first-order valence-electron chi connectivity index (χ1n) is 8.13. The quantitative estimate of drug-likeness (QED) is 0.689. The Morgan fingerprint density at radius 3 is 2.96 bits per heavy atom. The summed E-state index contributed by atoms with van der Waals surface area (Å²) in [4.78, 5) is 41.8. The van der Waals surface area contributed by atoms with Crippen molar-refractivity contribution in [3.8, 4) is 0 Å². The van der Waals surface area contributed by atoms with Crippen LogP contribution in [0.4, 0.5) is 5.13 Å². The monoisotopic (exact) mass is 369 g/mol. The Bertz CT molecular complexity index is 633. The number of amides is 2. The summed E-state index contributed by atoms with van der Waals surface area (Å²) < 4.78 is 9.94. The van der Waals surface area contributed by atoms with Crippen LogP contribution in [-0.2, 0) is 30.3 Å². The van der Waals surface area contributed by atoms with Gasteiger partial charge in [0.2, 0.25) is 11.8 Å². The van der Waals surface area contributed by atoms with E-state index in [1.165, 1.54) is 11.3 Å². The number of anilines is 1. The standard InChI is InChI=1S/C16H23N3O5S/c1-4-24-14(21)6-12-9-25-16(17-12)18-15(22)11-5-13(20)19(7-11)10(2)8-23-3/h9-11H,4-8H2,1-3H3,(H,17,18,22)/t10-,11+/m0/s1. The van der Waals surface area contributed by atoms with Crippen molar-refractivity contribution in [2.75, 3.05) is 32.2 Å². The molecule has 0 bridgehead atoms. The van der Waals surface area contributed by atoms with E-state index in [2.05, 4.69) is 10.3 Å². The van der Waals surface area contributed by atoms with Crippen LogP contribution in [-0.4, -0.2) is 60.6 Å². The molecule has 0 unspecified atom stereocenters. The zero-order chi connectivity index (χ0) is 18.4. The number of likely N-dealkylation sites (tertiary alicyclic amines) is 1. The topological polar surface area (TPSA) is 97.8 Å². The fourth-order valence-electron chi connectivity index (χ4n) is 2.68. The zero-order valence-electron chi connectivity index (χ0n) is 14.6. The number of nitrogens with one attached hydrogen (secondary N) is 1. The molecule has 2 heterocycles. The summed E-state index contributed by atoms with van der Waals surface area (Å²) in [5.41, 5.74) is 0.552. The van der Waals surface area contributed by atoms with Crippen LogP contribution in [0.2, 0.25) is 0 Å². The highest BCUT2D eigenvalue weighted by atomic mass is 32.1. The average Bonchev–Trinajstić information content (AvgIpc) is 3.14. The number of ether oxygens (including phenoxy) is 2. The fraction of sp³-hybridized carbons (Fsp3) is 0.625. The van der Waals surface area contributed by atoms with Gasteiger partial charge in [0.05, 0.1) is 37.3 Å². The van der Waals surface area contributed by atoms with E-state index < -0.39 is 5.92 Å². The number of hydrogen-bond acceptors (Lipinski definition) is 7. The predicted octanol–water partition coefficient (Wildman–Crippen LogP) is 1.07. The second-order valence-corrected chi connectivity index (χ2v) is 6.72. The highest BCUT2D eigenvalue weighted by Gasteiger charge is 2.36. The van der Waals surface area contributed by atoms with Crippen LogP contribution in [0, 0.1) is 5.92 Å². The third-order valence-corrected chi connectivity index (χ3v) is 4.69. The second-order valence-electron chi connectivity index (χ2n) is 5.87. The molecule has 2 amide bonds. The minimum absolute atomic E-state index is 0.0492. The van der Waals surface area contributed by atoms with Gasteiger partial charge in [-0.15, -0.1) is 11.3 Å². The largest absolute Gasteiger partial charge is 0.466 e. The third-order valence-electron chi connectivity index (χ3n) is 3.88. The van der Waals surface area contributed by atoms with Gasteiger partial charge >= 0.3 is 5.97 Å². The molecule has 9 heteroatoms. The Hall–Kier alpha value is -2.00. The molecule has 0 spiro atoms. The molecule has 0 aromatic carbocycles. The number of rotatable bonds is 8. The summed E-state index contributed by atoms with van der Waals surface area (Å²) in [6, 6.07) is -0.0636. The van der Waals surface area contributed by atoms with E-state index in [0.29, 0.717) is 30.6 Å². The molecule has 0 saturated carbocycles. The van der Waals surface area contributed by atoms with Gasteiger partial charge in [0.1, 0.15) is 0 Å². The maximum atomic E-state index is 12.4. The molecule has 1 saturated heterocycles. The summed E-state index contributed by atoms with van der Waals surface area (Å²) in [5.74, 6) is -1.05. The minimum atomic E-state index is -0.413. The van der Waals surface area contributed by atoms with Crippen LogP contribution in [0.15, 0.2) is 5.38 Å². The molecule has 0 radical (unpaired) electrons. The molecule has 8 nitrogen and oxygen atoms in total. The number of methoxy groups -OCH3 is 1. The normalized spacial score (nSPS) is 18.3. The van der Waals surface area contributed by atoms with Crippen LogP contribution >= 0.6 is 11.3 Å². The van der Waals surface area contributed by atoms with Crippen molar-refractivity contribution >= 4 is 34.3 Å². The second kappa shape index (κ2) is 8.91.